The number of carbonyl (C=O) groups excluding carboxylic acids is 1. The zero-order valence-corrected chi connectivity index (χ0v) is 24.3. The summed E-state index contributed by atoms with van der Waals surface area (Å²) in [5.41, 5.74) is 4.81. The fraction of sp³-hybridized carbons (Fsp3) is 0.276. The summed E-state index contributed by atoms with van der Waals surface area (Å²) in [5.74, 6) is -0.396. The highest BCUT2D eigenvalue weighted by Gasteiger charge is 2.33. The van der Waals surface area contributed by atoms with E-state index in [2.05, 4.69) is 26.0 Å². The first-order chi connectivity index (χ1) is 19.0. The molecule has 0 aliphatic carbocycles. The Morgan fingerprint density at radius 2 is 1.90 bits per heavy atom. The molecular weight excluding hydrogens is 577 g/mol. The molecule has 204 valence electrons. The van der Waals surface area contributed by atoms with Gasteiger partial charge in [-0.05, 0) is 70.0 Å². The summed E-state index contributed by atoms with van der Waals surface area (Å²) in [6.45, 7) is 7.75. The number of fused-ring (bicyclic) bond motifs is 2. The van der Waals surface area contributed by atoms with Crippen LogP contribution < -0.4 is 5.56 Å². The molecule has 40 heavy (non-hydrogen) atoms. The lowest BCUT2D eigenvalue weighted by atomic mass is 9.98. The van der Waals surface area contributed by atoms with Gasteiger partial charge in [0.05, 0.1) is 35.5 Å². The Morgan fingerprint density at radius 1 is 1.12 bits per heavy atom. The molecule has 0 fully saturated rings. The van der Waals surface area contributed by atoms with Gasteiger partial charge in [0.15, 0.2) is 5.82 Å². The largest absolute Gasteiger partial charge is 0.331 e. The van der Waals surface area contributed by atoms with Crippen LogP contribution in [0, 0.1) is 26.6 Å². The number of halogens is 2. The van der Waals surface area contributed by atoms with E-state index in [1.165, 1.54) is 17.0 Å². The minimum atomic E-state index is -0.494. The van der Waals surface area contributed by atoms with Crippen LogP contribution in [0.3, 0.4) is 0 Å². The van der Waals surface area contributed by atoms with Gasteiger partial charge < -0.3 is 9.47 Å². The summed E-state index contributed by atoms with van der Waals surface area (Å²) >= 11 is 3.49. The molecule has 0 N–H and O–H groups in total. The van der Waals surface area contributed by atoms with Crippen LogP contribution in [0.5, 0.6) is 0 Å². The molecule has 2 aromatic carbocycles. The Labute approximate surface area is 238 Å². The van der Waals surface area contributed by atoms with Gasteiger partial charge in [0.25, 0.3) is 11.5 Å². The number of hydrogen-bond donors (Lipinski definition) is 0. The van der Waals surface area contributed by atoms with Crippen molar-refractivity contribution in [3.63, 3.8) is 0 Å². The molecule has 0 bridgehead atoms. The fourth-order valence-electron chi connectivity index (χ4n) is 5.42. The van der Waals surface area contributed by atoms with Crippen LogP contribution in [0.4, 0.5) is 4.39 Å². The van der Waals surface area contributed by atoms with Gasteiger partial charge in [-0.25, -0.2) is 23.6 Å². The minimum Gasteiger partial charge on any atom is -0.331 e. The number of rotatable bonds is 3. The first-order valence-electron chi connectivity index (χ1n) is 12.9. The Morgan fingerprint density at radius 3 is 2.60 bits per heavy atom. The van der Waals surface area contributed by atoms with Crippen molar-refractivity contribution in [3.05, 3.63) is 97.1 Å². The van der Waals surface area contributed by atoms with Crippen molar-refractivity contribution in [1.29, 1.82) is 0 Å². The summed E-state index contributed by atoms with van der Waals surface area (Å²) in [5, 5.41) is 4.58. The maximum absolute atomic E-state index is 15.3. The van der Waals surface area contributed by atoms with Crippen LogP contribution in [0.1, 0.15) is 45.5 Å². The van der Waals surface area contributed by atoms with E-state index in [4.69, 9.17) is 4.98 Å². The maximum Gasteiger partial charge on any atom is 0.263 e. The third-order valence-electron chi connectivity index (χ3n) is 7.47. The van der Waals surface area contributed by atoms with Crippen LogP contribution >= 0.6 is 15.9 Å². The number of amides is 1. The monoisotopic (exact) mass is 603 g/mol. The lowest BCUT2D eigenvalue weighted by Gasteiger charge is -2.34. The second-order valence-electron chi connectivity index (χ2n) is 10.4. The highest BCUT2D eigenvalue weighted by molar-refractivity contribution is 9.10. The van der Waals surface area contributed by atoms with E-state index in [9.17, 15) is 9.59 Å². The molecule has 1 aliphatic heterocycles. The first-order valence-corrected chi connectivity index (χ1v) is 13.7. The van der Waals surface area contributed by atoms with Crippen molar-refractivity contribution in [2.24, 2.45) is 7.05 Å². The molecule has 9 nitrogen and oxygen atoms in total. The average molecular weight is 604 g/mol. The molecule has 0 unspecified atom stereocenters. The predicted molar refractivity (Wildman–Crippen MR) is 153 cm³/mol. The zero-order valence-electron chi connectivity index (χ0n) is 22.7. The zero-order chi connectivity index (χ0) is 28.5. The molecule has 0 radical (unpaired) electrons. The van der Waals surface area contributed by atoms with Gasteiger partial charge in [0.1, 0.15) is 5.52 Å². The number of carbonyl (C=O) groups is 1. The molecule has 0 saturated heterocycles. The average Bonchev–Trinajstić information content (AvgIpc) is 3.45. The second-order valence-corrected chi connectivity index (χ2v) is 11.3. The van der Waals surface area contributed by atoms with E-state index in [-0.39, 0.29) is 30.0 Å². The number of nitrogens with zero attached hydrogens (tertiary/aromatic N) is 7. The van der Waals surface area contributed by atoms with Gasteiger partial charge in [0, 0.05) is 40.4 Å². The third-order valence-corrected chi connectivity index (χ3v) is 8.36. The third kappa shape index (κ3) is 4.16. The number of hydrogen-bond acceptors (Lipinski definition) is 5. The molecule has 1 aliphatic rings. The summed E-state index contributed by atoms with van der Waals surface area (Å²) in [4.78, 5) is 38.7. The van der Waals surface area contributed by atoms with E-state index in [0.29, 0.717) is 40.0 Å². The van der Waals surface area contributed by atoms with Gasteiger partial charge in [-0.3, -0.25) is 9.59 Å². The Bertz CT molecular complexity index is 1900. The molecular formula is C29H27BrFN7O2. The summed E-state index contributed by atoms with van der Waals surface area (Å²) in [6, 6.07) is 10.1. The fourth-order valence-corrected chi connectivity index (χ4v) is 5.67. The first kappa shape index (κ1) is 26.1. The Balaban J connectivity index is 1.53. The molecule has 5 aromatic rings. The standard InChI is InChI=1S/C29H27BrFN7O2/c1-15-8-19(6-7-22(15)30)27(39)36-13-25-21(10-17(36)3)28(40)37(29(33-25)38-18(4)9-16(2)34-38)20-11-23(31)26-24(12-20)32-14-35(26)5/h6-9,11-12,14,17H,10,13H2,1-5H3/t17-/m1/s1. The topological polar surface area (TPSA) is 90.8 Å². The van der Waals surface area contributed by atoms with Crippen molar-refractivity contribution >= 4 is 32.9 Å². The lowest BCUT2D eigenvalue weighted by molar-refractivity contribution is 0.0652. The molecule has 1 atom stereocenters. The summed E-state index contributed by atoms with van der Waals surface area (Å²) in [6.07, 6.45) is 1.85. The van der Waals surface area contributed by atoms with Crippen molar-refractivity contribution < 1.29 is 9.18 Å². The normalized spacial score (nSPS) is 15.1. The van der Waals surface area contributed by atoms with Crippen molar-refractivity contribution in [1.82, 2.24) is 33.8 Å². The van der Waals surface area contributed by atoms with Crippen LogP contribution in [0.15, 0.2) is 52.0 Å². The van der Waals surface area contributed by atoms with E-state index in [1.807, 2.05) is 45.9 Å². The summed E-state index contributed by atoms with van der Waals surface area (Å²) < 4.78 is 20.8. The van der Waals surface area contributed by atoms with Gasteiger partial charge in [-0.2, -0.15) is 5.10 Å². The molecule has 1 amide bonds. The second kappa shape index (κ2) is 9.51. The number of aromatic nitrogens is 6. The van der Waals surface area contributed by atoms with Gasteiger partial charge in [0.2, 0.25) is 5.95 Å². The van der Waals surface area contributed by atoms with Crippen LogP contribution in [-0.2, 0) is 20.0 Å². The predicted octanol–water partition coefficient (Wildman–Crippen LogP) is 4.72. The van der Waals surface area contributed by atoms with Crippen molar-refractivity contribution in [2.75, 3.05) is 0 Å². The molecule has 4 heterocycles. The number of aryl methyl sites for hydroxylation is 4. The Kier molecular flexibility index (Phi) is 6.21. The van der Waals surface area contributed by atoms with Crippen LogP contribution in [0.25, 0.3) is 22.7 Å². The molecule has 0 saturated carbocycles. The van der Waals surface area contributed by atoms with Gasteiger partial charge >= 0.3 is 0 Å². The molecule has 6 rings (SSSR count). The quantitative estimate of drug-likeness (QED) is 0.298. The van der Waals surface area contributed by atoms with Crippen molar-refractivity contribution in [2.45, 2.75) is 46.7 Å². The van der Waals surface area contributed by atoms with E-state index < -0.39 is 5.82 Å². The van der Waals surface area contributed by atoms with Gasteiger partial charge in [-0.1, -0.05) is 15.9 Å². The number of imidazole rings is 1. The highest BCUT2D eigenvalue weighted by Crippen LogP contribution is 2.27. The summed E-state index contributed by atoms with van der Waals surface area (Å²) in [7, 11) is 1.72. The van der Waals surface area contributed by atoms with E-state index in [1.54, 1.807) is 33.3 Å². The Hall–Kier alpha value is -4.12. The maximum atomic E-state index is 15.3. The SMILES string of the molecule is Cc1cc(C)n(-c2nc3c(c(=O)n2-c2cc(F)c4c(c2)ncn4C)C[C@@H](C)N(C(=O)c2ccc(Br)c(C)c2)C3)n1. The van der Waals surface area contributed by atoms with Gasteiger partial charge in [-0.15, -0.1) is 0 Å². The van der Waals surface area contributed by atoms with Crippen molar-refractivity contribution in [3.8, 4) is 11.6 Å². The van der Waals surface area contributed by atoms with Crippen LogP contribution in [0.2, 0.25) is 0 Å². The molecule has 3 aromatic heterocycles. The van der Waals surface area contributed by atoms with E-state index >= 15 is 4.39 Å². The molecule has 0 spiro atoms. The molecule has 11 heteroatoms. The minimum absolute atomic E-state index is 0.130. The smallest absolute Gasteiger partial charge is 0.263 e. The van der Waals surface area contributed by atoms with Crippen LogP contribution in [-0.4, -0.2) is 45.7 Å². The highest BCUT2D eigenvalue weighted by atomic mass is 79.9. The number of benzene rings is 2. The lowest BCUT2D eigenvalue weighted by Crippen LogP contribution is -2.46. The van der Waals surface area contributed by atoms with E-state index in [0.717, 1.165) is 21.4 Å².